The zero-order valence-corrected chi connectivity index (χ0v) is 16.9. The van der Waals surface area contributed by atoms with Gasteiger partial charge in [-0.1, -0.05) is 35.3 Å². The second-order valence-corrected chi connectivity index (χ2v) is 8.53. The average Bonchev–Trinajstić information content (AvgIpc) is 2.52. The first-order valence-electron chi connectivity index (χ1n) is 7.82. The van der Waals surface area contributed by atoms with Crippen LogP contribution in [0.4, 0.5) is 18.9 Å². The Hall–Kier alpha value is -1.81. The highest BCUT2D eigenvalue weighted by molar-refractivity contribution is 7.89. The van der Waals surface area contributed by atoms with Gasteiger partial charge in [0.1, 0.15) is 4.90 Å². The lowest BCUT2D eigenvalue weighted by atomic mass is 10.1. The molecule has 1 amide bonds. The predicted molar refractivity (Wildman–Crippen MR) is 101 cm³/mol. The van der Waals surface area contributed by atoms with E-state index >= 15 is 0 Å². The Balaban J connectivity index is 2.47. The number of amides is 1. The monoisotopic (exact) mass is 454 g/mol. The van der Waals surface area contributed by atoms with E-state index in [-0.39, 0.29) is 15.6 Å². The first kappa shape index (κ1) is 22.5. The molecule has 0 saturated carbocycles. The van der Waals surface area contributed by atoms with Crippen LogP contribution in [0.3, 0.4) is 0 Å². The van der Waals surface area contributed by atoms with Crippen molar-refractivity contribution in [2.75, 3.05) is 5.32 Å². The molecule has 0 radical (unpaired) electrons. The van der Waals surface area contributed by atoms with Crippen LogP contribution in [0.25, 0.3) is 0 Å². The maximum atomic E-state index is 13.1. The number of hydrogen-bond acceptors (Lipinski definition) is 3. The van der Waals surface area contributed by atoms with Gasteiger partial charge in [-0.3, -0.25) is 4.79 Å². The molecule has 0 aromatic heterocycles. The summed E-state index contributed by atoms with van der Waals surface area (Å²) in [5.74, 6) is -1.01. The third-order valence-electron chi connectivity index (χ3n) is 3.43. The van der Waals surface area contributed by atoms with Crippen LogP contribution in [-0.2, 0) is 16.2 Å². The van der Waals surface area contributed by atoms with Crippen molar-refractivity contribution in [3.05, 3.63) is 57.6 Å². The van der Waals surface area contributed by atoms with E-state index in [1.165, 1.54) is 12.1 Å². The van der Waals surface area contributed by atoms with Crippen LogP contribution in [0.5, 0.6) is 0 Å². The standard InChI is InChI=1S/C17H15Cl2F3N2O3S/c1-9(2)24-28(26,27)15-7-10(12(18)8-13(15)19)16(25)23-14-6-4-3-5-11(14)17(20,21)22/h3-9,24H,1-2H3,(H,23,25). The molecule has 0 saturated heterocycles. The molecule has 0 heterocycles. The quantitative estimate of drug-likeness (QED) is 0.670. The molecule has 11 heteroatoms. The predicted octanol–water partition coefficient (Wildman–Crippen LogP) is 4.95. The molecule has 28 heavy (non-hydrogen) atoms. The molecular weight excluding hydrogens is 440 g/mol. The Kier molecular flexibility index (Phi) is 6.65. The summed E-state index contributed by atoms with van der Waals surface area (Å²) in [6.07, 6.45) is -4.69. The van der Waals surface area contributed by atoms with Crippen molar-refractivity contribution in [1.82, 2.24) is 4.72 Å². The molecule has 2 N–H and O–H groups in total. The number of halogens is 5. The second-order valence-electron chi connectivity index (χ2n) is 6.04. The van der Waals surface area contributed by atoms with Crippen LogP contribution < -0.4 is 10.0 Å². The fourth-order valence-corrected chi connectivity index (χ4v) is 4.42. The first-order valence-corrected chi connectivity index (χ1v) is 10.1. The lowest BCUT2D eigenvalue weighted by Crippen LogP contribution is -2.30. The van der Waals surface area contributed by atoms with Gasteiger partial charge in [0.05, 0.1) is 26.9 Å². The van der Waals surface area contributed by atoms with Crippen molar-refractivity contribution in [2.45, 2.75) is 31.0 Å². The van der Waals surface area contributed by atoms with Crippen molar-refractivity contribution in [1.29, 1.82) is 0 Å². The van der Waals surface area contributed by atoms with Crippen LogP contribution in [0.15, 0.2) is 41.3 Å². The normalized spacial score (nSPS) is 12.3. The van der Waals surface area contributed by atoms with Gasteiger partial charge < -0.3 is 5.32 Å². The number of para-hydroxylation sites is 1. The molecule has 5 nitrogen and oxygen atoms in total. The molecule has 0 unspecified atom stereocenters. The molecule has 0 spiro atoms. The summed E-state index contributed by atoms with van der Waals surface area (Å²) in [6, 6.07) is 5.88. The van der Waals surface area contributed by atoms with Gasteiger partial charge in [-0.2, -0.15) is 13.2 Å². The van der Waals surface area contributed by atoms with Crippen LogP contribution >= 0.6 is 23.2 Å². The Bertz CT molecular complexity index is 1010. The van der Waals surface area contributed by atoms with Gasteiger partial charge in [-0.05, 0) is 38.1 Å². The van der Waals surface area contributed by atoms with Gasteiger partial charge in [0, 0.05) is 6.04 Å². The number of anilines is 1. The largest absolute Gasteiger partial charge is 0.418 e. The van der Waals surface area contributed by atoms with E-state index in [0.29, 0.717) is 0 Å². The third kappa shape index (κ3) is 5.16. The molecule has 0 aliphatic rings. The van der Waals surface area contributed by atoms with Crippen LogP contribution in [0.1, 0.15) is 29.8 Å². The van der Waals surface area contributed by atoms with Gasteiger partial charge >= 0.3 is 6.18 Å². The topological polar surface area (TPSA) is 75.3 Å². The lowest BCUT2D eigenvalue weighted by Gasteiger charge is -2.15. The Labute approximate surface area is 169 Å². The molecule has 0 aliphatic carbocycles. The van der Waals surface area contributed by atoms with Crippen molar-refractivity contribution in [2.24, 2.45) is 0 Å². The highest BCUT2D eigenvalue weighted by atomic mass is 35.5. The van der Waals surface area contributed by atoms with Crippen molar-refractivity contribution in [3.8, 4) is 0 Å². The summed E-state index contributed by atoms with van der Waals surface area (Å²) in [6.45, 7) is 3.17. The average molecular weight is 455 g/mol. The molecule has 0 bridgehead atoms. The smallest absolute Gasteiger partial charge is 0.321 e. The summed E-state index contributed by atoms with van der Waals surface area (Å²) >= 11 is 11.9. The maximum Gasteiger partial charge on any atom is 0.418 e. The van der Waals surface area contributed by atoms with Crippen molar-refractivity contribution < 1.29 is 26.4 Å². The number of hydrogen-bond donors (Lipinski definition) is 2. The number of carbonyl (C=O) groups excluding carboxylic acids is 1. The maximum absolute atomic E-state index is 13.1. The third-order valence-corrected chi connectivity index (χ3v) is 5.86. The number of benzene rings is 2. The molecular formula is C17H15Cl2F3N2O3S. The molecule has 0 fully saturated rings. The van der Waals surface area contributed by atoms with E-state index < -0.39 is 44.3 Å². The number of sulfonamides is 1. The highest BCUT2D eigenvalue weighted by Crippen LogP contribution is 2.35. The lowest BCUT2D eigenvalue weighted by molar-refractivity contribution is -0.136. The summed E-state index contributed by atoms with van der Waals surface area (Å²) in [5, 5.41) is 1.67. The van der Waals surface area contributed by atoms with E-state index in [1.54, 1.807) is 13.8 Å². The van der Waals surface area contributed by atoms with Gasteiger partial charge in [0.25, 0.3) is 5.91 Å². The first-order chi connectivity index (χ1) is 12.8. The van der Waals surface area contributed by atoms with E-state index in [1.807, 2.05) is 0 Å². The van der Waals surface area contributed by atoms with Crippen molar-refractivity contribution in [3.63, 3.8) is 0 Å². The second kappa shape index (κ2) is 8.28. The number of alkyl halides is 3. The SMILES string of the molecule is CC(C)NS(=O)(=O)c1cc(C(=O)Nc2ccccc2C(F)(F)F)c(Cl)cc1Cl. The Morgan fingerprint density at radius 2 is 1.68 bits per heavy atom. The zero-order chi connectivity index (χ0) is 21.3. The number of carbonyl (C=O) groups is 1. The van der Waals surface area contributed by atoms with E-state index in [2.05, 4.69) is 10.0 Å². The fraction of sp³-hybridized carbons (Fsp3) is 0.235. The Morgan fingerprint density at radius 3 is 2.25 bits per heavy atom. The molecule has 0 aliphatic heterocycles. The summed E-state index contributed by atoms with van der Waals surface area (Å²) in [5.41, 5.74) is -1.88. The molecule has 2 aromatic carbocycles. The minimum atomic E-state index is -4.69. The minimum absolute atomic E-state index is 0.213. The number of nitrogens with one attached hydrogen (secondary N) is 2. The van der Waals surface area contributed by atoms with Gasteiger partial charge in [0.2, 0.25) is 10.0 Å². The minimum Gasteiger partial charge on any atom is -0.321 e. The van der Waals surface area contributed by atoms with Crippen LogP contribution in [0.2, 0.25) is 10.0 Å². The molecule has 152 valence electrons. The summed E-state index contributed by atoms with van der Waals surface area (Å²) in [7, 11) is -4.07. The molecule has 2 aromatic rings. The van der Waals surface area contributed by atoms with Gasteiger partial charge in [-0.25, -0.2) is 13.1 Å². The highest BCUT2D eigenvalue weighted by Gasteiger charge is 2.34. The van der Waals surface area contributed by atoms with Gasteiger partial charge in [-0.15, -0.1) is 0 Å². The van der Waals surface area contributed by atoms with E-state index in [9.17, 15) is 26.4 Å². The zero-order valence-electron chi connectivity index (χ0n) is 14.6. The van der Waals surface area contributed by atoms with Crippen LogP contribution in [0, 0.1) is 0 Å². The van der Waals surface area contributed by atoms with Gasteiger partial charge in [0.15, 0.2) is 0 Å². The summed E-state index contributed by atoms with van der Waals surface area (Å²) < 4.78 is 66.3. The summed E-state index contributed by atoms with van der Waals surface area (Å²) in [4.78, 5) is 12.1. The fourth-order valence-electron chi connectivity index (χ4n) is 2.31. The number of rotatable bonds is 5. The van der Waals surface area contributed by atoms with E-state index in [4.69, 9.17) is 23.2 Å². The van der Waals surface area contributed by atoms with Crippen LogP contribution in [-0.4, -0.2) is 20.4 Å². The molecule has 2 rings (SSSR count). The Morgan fingerprint density at radius 1 is 1.07 bits per heavy atom. The molecule has 0 atom stereocenters. The van der Waals surface area contributed by atoms with Crippen molar-refractivity contribution >= 4 is 44.8 Å². The van der Waals surface area contributed by atoms with E-state index in [0.717, 1.165) is 24.3 Å².